The highest BCUT2D eigenvalue weighted by Crippen LogP contribution is 2.25. The van der Waals surface area contributed by atoms with Gasteiger partial charge in [0.05, 0.1) is 23.0 Å². The fraction of sp³-hybridized carbons (Fsp3) is 0.333. The zero-order chi connectivity index (χ0) is 17.8. The van der Waals surface area contributed by atoms with Crippen LogP contribution in [0.5, 0.6) is 0 Å². The number of hydrogen-bond donors (Lipinski definition) is 2. The number of carbonyl (C=O) groups is 1. The number of aromatic amines is 1. The third-order valence-corrected chi connectivity index (χ3v) is 4.59. The van der Waals surface area contributed by atoms with E-state index in [0.29, 0.717) is 0 Å². The van der Waals surface area contributed by atoms with E-state index in [0.717, 1.165) is 28.8 Å². The summed E-state index contributed by atoms with van der Waals surface area (Å²) in [4.78, 5) is 21.0. The van der Waals surface area contributed by atoms with Gasteiger partial charge in [-0.25, -0.2) is 4.98 Å². The van der Waals surface area contributed by atoms with Gasteiger partial charge < -0.3 is 10.3 Å². The van der Waals surface area contributed by atoms with Crippen molar-refractivity contribution in [3.8, 4) is 0 Å². The fourth-order valence-electron chi connectivity index (χ4n) is 3.18. The standard InChI is InChI=1S/C21H25N3O/c1-4-16(15-10-6-5-7-11-15)21(25)24-19(14(2)3)20-22-17-12-8-9-13-18(17)23-20/h5-14,16,19H,4H2,1-3H3,(H,22,23)(H,24,25). The molecule has 0 spiro atoms. The van der Waals surface area contributed by atoms with Crippen molar-refractivity contribution in [2.75, 3.05) is 0 Å². The average molecular weight is 335 g/mol. The van der Waals surface area contributed by atoms with Gasteiger partial charge in [-0.15, -0.1) is 0 Å². The molecule has 130 valence electrons. The minimum absolute atomic E-state index is 0.0489. The van der Waals surface area contributed by atoms with E-state index in [1.807, 2.05) is 61.5 Å². The Labute approximate surface area is 148 Å². The first-order chi connectivity index (χ1) is 12.1. The van der Waals surface area contributed by atoms with Crippen LogP contribution in [0.1, 0.15) is 50.5 Å². The van der Waals surface area contributed by atoms with Crippen molar-refractivity contribution in [1.82, 2.24) is 15.3 Å². The highest BCUT2D eigenvalue weighted by atomic mass is 16.2. The summed E-state index contributed by atoms with van der Waals surface area (Å²) in [5, 5.41) is 3.21. The van der Waals surface area contributed by atoms with Crippen LogP contribution in [-0.2, 0) is 4.79 Å². The Morgan fingerprint density at radius 2 is 1.76 bits per heavy atom. The molecule has 25 heavy (non-hydrogen) atoms. The Hall–Kier alpha value is -2.62. The molecule has 0 saturated carbocycles. The van der Waals surface area contributed by atoms with Crippen LogP contribution in [0, 0.1) is 5.92 Å². The topological polar surface area (TPSA) is 57.8 Å². The quantitative estimate of drug-likeness (QED) is 0.693. The van der Waals surface area contributed by atoms with E-state index >= 15 is 0 Å². The monoisotopic (exact) mass is 335 g/mol. The van der Waals surface area contributed by atoms with Gasteiger partial charge in [0.15, 0.2) is 0 Å². The Morgan fingerprint density at radius 3 is 2.40 bits per heavy atom. The van der Waals surface area contributed by atoms with Crippen molar-refractivity contribution in [3.05, 3.63) is 66.0 Å². The van der Waals surface area contributed by atoms with Crippen LogP contribution >= 0.6 is 0 Å². The maximum Gasteiger partial charge on any atom is 0.228 e. The summed E-state index contributed by atoms with van der Waals surface area (Å²) < 4.78 is 0. The molecule has 2 unspecified atom stereocenters. The Bertz CT molecular complexity index is 805. The molecule has 1 amide bonds. The van der Waals surface area contributed by atoms with E-state index in [-0.39, 0.29) is 23.8 Å². The molecule has 3 rings (SSSR count). The van der Waals surface area contributed by atoms with Crippen LogP contribution in [0.3, 0.4) is 0 Å². The van der Waals surface area contributed by atoms with E-state index in [4.69, 9.17) is 0 Å². The number of H-pyrrole nitrogens is 1. The van der Waals surface area contributed by atoms with Crippen LogP contribution in [0.2, 0.25) is 0 Å². The first-order valence-electron chi connectivity index (χ1n) is 8.90. The largest absolute Gasteiger partial charge is 0.345 e. The maximum atomic E-state index is 12.9. The van der Waals surface area contributed by atoms with Crippen molar-refractivity contribution >= 4 is 16.9 Å². The number of nitrogens with one attached hydrogen (secondary N) is 2. The summed E-state index contributed by atoms with van der Waals surface area (Å²) in [6, 6.07) is 17.7. The second-order valence-corrected chi connectivity index (χ2v) is 6.74. The molecule has 2 aromatic carbocycles. The van der Waals surface area contributed by atoms with Crippen LogP contribution in [0.15, 0.2) is 54.6 Å². The molecule has 0 aliphatic carbocycles. The lowest BCUT2D eigenvalue weighted by molar-refractivity contribution is -0.123. The molecule has 0 radical (unpaired) electrons. The molecule has 4 nitrogen and oxygen atoms in total. The molecular weight excluding hydrogens is 310 g/mol. The number of rotatable bonds is 6. The molecule has 1 heterocycles. The molecule has 0 saturated heterocycles. The highest BCUT2D eigenvalue weighted by Gasteiger charge is 2.26. The summed E-state index contributed by atoms with van der Waals surface area (Å²) in [6.07, 6.45) is 0.765. The molecule has 4 heteroatoms. The second-order valence-electron chi connectivity index (χ2n) is 6.74. The van der Waals surface area contributed by atoms with Gasteiger partial charge in [-0.05, 0) is 30.0 Å². The fourth-order valence-corrected chi connectivity index (χ4v) is 3.18. The number of hydrogen-bond acceptors (Lipinski definition) is 2. The van der Waals surface area contributed by atoms with E-state index in [1.54, 1.807) is 0 Å². The molecule has 1 aromatic heterocycles. The number of para-hydroxylation sites is 2. The summed E-state index contributed by atoms with van der Waals surface area (Å²) in [5.74, 6) is 0.949. The zero-order valence-corrected chi connectivity index (χ0v) is 15.0. The van der Waals surface area contributed by atoms with Crippen LogP contribution in [0.25, 0.3) is 11.0 Å². The molecule has 2 N–H and O–H groups in total. The minimum Gasteiger partial charge on any atom is -0.345 e. The van der Waals surface area contributed by atoms with Crippen molar-refractivity contribution in [3.63, 3.8) is 0 Å². The van der Waals surface area contributed by atoms with Crippen molar-refractivity contribution < 1.29 is 4.79 Å². The number of nitrogens with zero attached hydrogens (tertiary/aromatic N) is 1. The normalized spacial score (nSPS) is 13.8. The summed E-state index contributed by atoms with van der Waals surface area (Å²) in [5.41, 5.74) is 2.97. The predicted octanol–water partition coefficient (Wildman–Crippen LogP) is 4.57. The minimum atomic E-state index is -0.146. The van der Waals surface area contributed by atoms with Gasteiger partial charge in [0.2, 0.25) is 5.91 Å². The molecule has 0 bridgehead atoms. The third kappa shape index (κ3) is 3.73. The Kier molecular flexibility index (Phi) is 5.17. The van der Waals surface area contributed by atoms with Gasteiger partial charge in [0, 0.05) is 0 Å². The summed E-state index contributed by atoms with van der Waals surface area (Å²) >= 11 is 0. The van der Waals surface area contributed by atoms with Gasteiger partial charge in [-0.2, -0.15) is 0 Å². The second kappa shape index (κ2) is 7.51. The van der Waals surface area contributed by atoms with Gasteiger partial charge >= 0.3 is 0 Å². The van der Waals surface area contributed by atoms with Gasteiger partial charge in [-0.1, -0.05) is 63.2 Å². The number of carbonyl (C=O) groups excluding carboxylic acids is 1. The first-order valence-corrected chi connectivity index (χ1v) is 8.90. The predicted molar refractivity (Wildman–Crippen MR) is 101 cm³/mol. The SMILES string of the molecule is CCC(C(=O)NC(c1nc2ccccc2[nH]1)C(C)C)c1ccccc1. The zero-order valence-electron chi connectivity index (χ0n) is 15.0. The van der Waals surface area contributed by atoms with Crippen LogP contribution in [-0.4, -0.2) is 15.9 Å². The van der Waals surface area contributed by atoms with Crippen LogP contribution in [0.4, 0.5) is 0 Å². The lowest BCUT2D eigenvalue weighted by Crippen LogP contribution is -2.35. The highest BCUT2D eigenvalue weighted by molar-refractivity contribution is 5.84. The summed E-state index contributed by atoms with van der Waals surface area (Å²) in [6.45, 7) is 6.24. The lowest BCUT2D eigenvalue weighted by atomic mass is 9.94. The van der Waals surface area contributed by atoms with Gasteiger partial charge in [-0.3, -0.25) is 4.79 Å². The molecule has 3 aromatic rings. The number of aromatic nitrogens is 2. The lowest BCUT2D eigenvalue weighted by Gasteiger charge is -2.23. The van der Waals surface area contributed by atoms with Crippen molar-refractivity contribution in [2.24, 2.45) is 5.92 Å². The number of imidazole rings is 1. The summed E-state index contributed by atoms with van der Waals surface area (Å²) in [7, 11) is 0. The van der Waals surface area contributed by atoms with E-state index in [9.17, 15) is 4.79 Å². The maximum absolute atomic E-state index is 12.9. The first kappa shape index (κ1) is 17.2. The molecule has 2 atom stereocenters. The van der Waals surface area contributed by atoms with Gasteiger partial charge in [0.25, 0.3) is 0 Å². The molecular formula is C21H25N3O. The molecule has 0 aliphatic heterocycles. The molecule has 0 fully saturated rings. The van der Waals surface area contributed by atoms with E-state index in [1.165, 1.54) is 0 Å². The van der Waals surface area contributed by atoms with Crippen molar-refractivity contribution in [1.29, 1.82) is 0 Å². The van der Waals surface area contributed by atoms with E-state index < -0.39 is 0 Å². The van der Waals surface area contributed by atoms with Gasteiger partial charge in [0.1, 0.15) is 5.82 Å². The van der Waals surface area contributed by atoms with Crippen LogP contribution < -0.4 is 5.32 Å². The average Bonchev–Trinajstić information content (AvgIpc) is 3.04. The third-order valence-electron chi connectivity index (χ3n) is 4.59. The number of benzene rings is 2. The van der Waals surface area contributed by atoms with Crippen molar-refractivity contribution in [2.45, 2.75) is 39.2 Å². The molecule has 0 aliphatic rings. The number of fused-ring (bicyclic) bond motifs is 1. The van der Waals surface area contributed by atoms with E-state index in [2.05, 4.69) is 29.1 Å². The number of amides is 1. The Morgan fingerprint density at radius 1 is 1.08 bits per heavy atom. The smallest absolute Gasteiger partial charge is 0.228 e. The Balaban J connectivity index is 1.85.